The molecule has 0 radical (unpaired) electrons. The Labute approximate surface area is 136 Å². The summed E-state index contributed by atoms with van der Waals surface area (Å²) in [6.07, 6.45) is 1.90. The minimum atomic E-state index is -1.68. The number of hydrogen-bond donors (Lipinski definition) is 2. The van der Waals surface area contributed by atoms with Crippen LogP contribution in [-0.4, -0.2) is 16.6 Å². The van der Waals surface area contributed by atoms with E-state index in [0.29, 0.717) is 5.70 Å². The van der Waals surface area contributed by atoms with Gasteiger partial charge in [0.1, 0.15) is 0 Å². The molecule has 0 aliphatic heterocycles. The molecule has 0 amide bonds. The van der Waals surface area contributed by atoms with Crippen molar-refractivity contribution >= 4 is 22.3 Å². The van der Waals surface area contributed by atoms with Crippen LogP contribution in [0.25, 0.3) is 5.70 Å². The highest BCUT2D eigenvalue weighted by Gasteiger charge is 2.17. The van der Waals surface area contributed by atoms with Crippen LogP contribution in [0, 0.1) is 0 Å². The summed E-state index contributed by atoms with van der Waals surface area (Å²) in [7, 11) is -3.32. The first-order chi connectivity index (χ1) is 10.1. The average molecular weight is 337 g/mol. The Morgan fingerprint density at radius 3 is 1.91 bits per heavy atom. The second kappa shape index (κ2) is 7.78. The molecule has 122 valence electrons. The van der Waals surface area contributed by atoms with Gasteiger partial charge in [0.2, 0.25) is 16.6 Å². The lowest BCUT2D eigenvalue weighted by Gasteiger charge is -2.21. The van der Waals surface area contributed by atoms with Gasteiger partial charge in [0.05, 0.1) is 11.4 Å². The van der Waals surface area contributed by atoms with Gasteiger partial charge in [-0.1, -0.05) is 36.9 Å². The Balaban J connectivity index is 2.85. The summed E-state index contributed by atoms with van der Waals surface area (Å²) in [5, 5.41) is 0. The highest BCUT2D eigenvalue weighted by atomic mass is 28.4. The van der Waals surface area contributed by atoms with Gasteiger partial charge in [-0.25, -0.2) is 0 Å². The molecular weight excluding hydrogens is 308 g/mol. The molecule has 0 unspecified atom stereocenters. The third-order valence-electron chi connectivity index (χ3n) is 2.36. The van der Waals surface area contributed by atoms with Crippen molar-refractivity contribution in [2.75, 3.05) is 0 Å². The average Bonchev–Trinajstić information content (AvgIpc) is 2.40. The topological polar surface area (TPSA) is 42.5 Å². The number of nitrogens with one attached hydrogen (secondary N) is 2. The van der Waals surface area contributed by atoms with Crippen molar-refractivity contribution in [1.82, 2.24) is 11.0 Å². The van der Waals surface area contributed by atoms with E-state index < -0.39 is 16.6 Å². The third kappa shape index (κ3) is 8.18. The molecular formula is C16H28N2O2Si2. The molecule has 1 aromatic carbocycles. The van der Waals surface area contributed by atoms with Gasteiger partial charge in [-0.2, -0.15) is 0 Å². The van der Waals surface area contributed by atoms with Gasteiger partial charge in [0.15, 0.2) is 0 Å². The molecule has 0 saturated heterocycles. The molecule has 0 fully saturated rings. The molecule has 0 spiro atoms. The van der Waals surface area contributed by atoms with Gasteiger partial charge in [-0.3, -0.25) is 11.0 Å². The summed E-state index contributed by atoms with van der Waals surface area (Å²) in [5.74, 6) is 0. The Kier molecular flexibility index (Phi) is 6.61. The highest BCUT2D eigenvalue weighted by molar-refractivity contribution is 6.70. The van der Waals surface area contributed by atoms with Crippen LogP contribution in [0.3, 0.4) is 0 Å². The molecule has 2 N–H and O–H groups in total. The fraction of sp³-hybridized carbons (Fsp3) is 0.375. The molecule has 0 saturated carbocycles. The van der Waals surface area contributed by atoms with Gasteiger partial charge in [0, 0.05) is 0 Å². The van der Waals surface area contributed by atoms with Crippen LogP contribution in [0.1, 0.15) is 5.56 Å². The van der Waals surface area contributed by atoms with Crippen LogP contribution < -0.4 is 11.0 Å². The Morgan fingerprint density at radius 2 is 1.41 bits per heavy atom. The van der Waals surface area contributed by atoms with Crippen molar-refractivity contribution in [1.29, 1.82) is 0 Å². The van der Waals surface area contributed by atoms with Crippen molar-refractivity contribution in [2.45, 2.75) is 39.3 Å². The van der Waals surface area contributed by atoms with E-state index >= 15 is 0 Å². The lowest BCUT2D eigenvalue weighted by Crippen LogP contribution is -2.34. The minimum Gasteiger partial charge on any atom is -0.323 e. The van der Waals surface area contributed by atoms with Crippen molar-refractivity contribution < 1.29 is 9.05 Å². The lowest BCUT2D eigenvalue weighted by atomic mass is 10.1. The summed E-state index contributed by atoms with van der Waals surface area (Å²) in [4.78, 5) is 0. The van der Waals surface area contributed by atoms with Crippen LogP contribution in [-0.2, 0) is 9.05 Å². The van der Waals surface area contributed by atoms with E-state index in [2.05, 4.69) is 56.8 Å². The van der Waals surface area contributed by atoms with Gasteiger partial charge < -0.3 is 9.05 Å². The Bertz CT molecular complexity index is 517. The minimum absolute atomic E-state index is 0.688. The highest BCUT2D eigenvalue weighted by Crippen LogP contribution is 2.14. The summed E-state index contributed by atoms with van der Waals surface area (Å²) in [6.45, 7) is 16.7. The molecule has 0 aromatic heterocycles. The van der Waals surface area contributed by atoms with E-state index in [-0.39, 0.29) is 0 Å². The van der Waals surface area contributed by atoms with Crippen LogP contribution in [0.5, 0.6) is 0 Å². The summed E-state index contributed by atoms with van der Waals surface area (Å²) in [5.41, 5.74) is 8.60. The number of hydroxylamine groups is 2. The molecule has 0 heterocycles. The van der Waals surface area contributed by atoms with Crippen molar-refractivity contribution in [3.63, 3.8) is 0 Å². The zero-order chi connectivity index (χ0) is 16.8. The van der Waals surface area contributed by atoms with Crippen molar-refractivity contribution in [3.05, 3.63) is 54.2 Å². The van der Waals surface area contributed by atoms with E-state index in [1.54, 1.807) is 0 Å². The summed E-state index contributed by atoms with van der Waals surface area (Å²) < 4.78 is 11.5. The second-order valence-corrected chi connectivity index (χ2v) is 15.9. The van der Waals surface area contributed by atoms with Crippen molar-refractivity contribution in [3.8, 4) is 0 Å². The van der Waals surface area contributed by atoms with E-state index in [0.717, 1.165) is 11.3 Å². The fourth-order valence-corrected chi connectivity index (χ4v) is 2.27. The molecule has 0 aliphatic carbocycles. The lowest BCUT2D eigenvalue weighted by molar-refractivity contribution is 0.225. The molecule has 0 atom stereocenters. The predicted octanol–water partition coefficient (Wildman–Crippen LogP) is 4.25. The molecule has 0 bridgehead atoms. The summed E-state index contributed by atoms with van der Waals surface area (Å²) >= 11 is 0. The number of allylic oxidation sites excluding steroid dienone is 1. The SMILES string of the molecule is C=C(C=C(NO[Si](C)(C)C)c1ccccc1)NO[Si](C)(C)C. The zero-order valence-corrected chi connectivity index (χ0v) is 16.5. The largest absolute Gasteiger partial charge is 0.323 e. The first-order valence-electron chi connectivity index (χ1n) is 7.41. The van der Waals surface area contributed by atoms with E-state index in [4.69, 9.17) is 9.05 Å². The maximum absolute atomic E-state index is 5.81. The first kappa shape index (κ1) is 18.7. The zero-order valence-electron chi connectivity index (χ0n) is 14.5. The number of rotatable bonds is 8. The van der Waals surface area contributed by atoms with Crippen LogP contribution in [0.15, 0.2) is 48.7 Å². The number of hydrogen-bond acceptors (Lipinski definition) is 4. The maximum Gasteiger partial charge on any atom is 0.220 e. The monoisotopic (exact) mass is 336 g/mol. The van der Waals surface area contributed by atoms with Gasteiger partial charge in [-0.15, -0.1) is 0 Å². The second-order valence-electron chi connectivity index (χ2n) is 7.08. The quantitative estimate of drug-likeness (QED) is 0.423. The van der Waals surface area contributed by atoms with E-state index in [9.17, 15) is 0 Å². The summed E-state index contributed by atoms with van der Waals surface area (Å²) in [6, 6.07) is 10.0. The predicted molar refractivity (Wildman–Crippen MR) is 98.7 cm³/mol. The maximum atomic E-state index is 5.81. The van der Waals surface area contributed by atoms with Gasteiger partial charge in [0.25, 0.3) is 0 Å². The third-order valence-corrected chi connectivity index (χ3v) is 3.79. The Morgan fingerprint density at radius 1 is 0.909 bits per heavy atom. The first-order valence-corrected chi connectivity index (χ1v) is 14.2. The standard InChI is InChI=1S/C16H28N2O2Si2/c1-14(17-19-21(2,3)4)13-16(18-20-22(5,6)7)15-11-9-8-10-12-15/h8-13,17-18H,1H2,2-7H3. The van der Waals surface area contributed by atoms with Gasteiger partial charge >= 0.3 is 0 Å². The fourth-order valence-electron chi connectivity index (χ4n) is 1.42. The molecule has 22 heavy (non-hydrogen) atoms. The van der Waals surface area contributed by atoms with E-state index in [1.807, 2.05) is 36.4 Å². The van der Waals surface area contributed by atoms with Crippen LogP contribution in [0.2, 0.25) is 39.3 Å². The normalized spacial score (nSPS) is 12.9. The number of benzene rings is 1. The van der Waals surface area contributed by atoms with Crippen LogP contribution >= 0.6 is 0 Å². The van der Waals surface area contributed by atoms with Gasteiger partial charge in [-0.05, 0) is 50.9 Å². The van der Waals surface area contributed by atoms with E-state index in [1.165, 1.54) is 0 Å². The molecule has 6 heteroatoms. The molecule has 0 aliphatic rings. The Hall–Kier alpha value is -1.35. The molecule has 1 aromatic rings. The van der Waals surface area contributed by atoms with Crippen molar-refractivity contribution in [2.24, 2.45) is 0 Å². The molecule has 4 nitrogen and oxygen atoms in total. The van der Waals surface area contributed by atoms with Crippen LogP contribution in [0.4, 0.5) is 0 Å². The molecule has 1 rings (SSSR count). The smallest absolute Gasteiger partial charge is 0.220 e.